The lowest BCUT2D eigenvalue weighted by Crippen LogP contribution is -1.95. The molecule has 0 saturated heterocycles. The number of hydrogen-bond acceptors (Lipinski definition) is 6. The Bertz CT molecular complexity index is 631. The molecule has 1 heterocycles. The Kier molecular flexibility index (Phi) is 4.00. The maximum absolute atomic E-state index is 9.14. The van der Waals surface area contributed by atoms with E-state index in [0.29, 0.717) is 28.6 Å². The number of aromatic nitrogens is 1. The molecule has 6 heteroatoms. The third-order valence-electron chi connectivity index (χ3n) is 2.60. The molecule has 0 aliphatic heterocycles. The fraction of sp³-hybridized carbons (Fsp3) is 0.231. The molecule has 19 heavy (non-hydrogen) atoms. The van der Waals surface area contributed by atoms with Gasteiger partial charge in [0.1, 0.15) is 16.0 Å². The van der Waals surface area contributed by atoms with Crippen molar-refractivity contribution < 1.29 is 9.47 Å². The number of hydrogen-bond donors (Lipinski definition) is 1. The molecule has 0 radical (unpaired) electrons. The Morgan fingerprint density at radius 1 is 1.32 bits per heavy atom. The van der Waals surface area contributed by atoms with Gasteiger partial charge in [-0.3, -0.25) is 0 Å². The van der Waals surface area contributed by atoms with Crippen LogP contribution in [-0.4, -0.2) is 19.2 Å². The van der Waals surface area contributed by atoms with E-state index in [-0.39, 0.29) is 0 Å². The maximum atomic E-state index is 9.14. The van der Waals surface area contributed by atoms with Crippen LogP contribution in [-0.2, 0) is 6.54 Å². The minimum absolute atomic E-state index is 0.326. The molecule has 0 saturated carbocycles. The Morgan fingerprint density at radius 2 is 2.05 bits per heavy atom. The Balaban J connectivity index is 2.53. The van der Waals surface area contributed by atoms with Crippen LogP contribution in [0.2, 0.25) is 0 Å². The fourth-order valence-electron chi connectivity index (χ4n) is 1.71. The molecule has 0 aliphatic carbocycles. The molecule has 2 rings (SSSR count). The van der Waals surface area contributed by atoms with Gasteiger partial charge in [-0.2, -0.15) is 5.26 Å². The number of methoxy groups -OCH3 is 2. The van der Waals surface area contributed by atoms with Gasteiger partial charge in [0.25, 0.3) is 0 Å². The normalized spacial score (nSPS) is 10.0. The molecule has 1 aromatic heterocycles. The maximum Gasteiger partial charge on any atom is 0.161 e. The molecule has 0 amide bonds. The predicted molar refractivity (Wildman–Crippen MR) is 73.3 cm³/mol. The van der Waals surface area contributed by atoms with Gasteiger partial charge in [-0.25, -0.2) is 4.98 Å². The Morgan fingerprint density at radius 3 is 2.63 bits per heavy atom. The molecule has 98 valence electrons. The molecule has 0 aliphatic rings. The Labute approximate surface area is 115 Å². The standard InChI is InChI=1S/C13H13N3O2S/c1-17-9-4-3-8(5-10(9)18-2)13-11(6-14)19-12(7-15)16-13/h3-5H,7,15H2,1-2H3. The highest BCUT2D eigenvalue weighted by molar-refractivity contribution is 7.12. The van der Waals surface area contributed by atoms with Crippen molar-refractivity contribution in [3.8, 4) is 28.8 Å². The topological polar surface area (TPSA) is 81.2 Å². The second-order valence-electron chi connectivity index (χ2n) is 3.67. The van der Waals surface area contributed by atoms with Gasteiger partial charge < -0.3 is 15.2 Å². The number of ether oxygens (including phenoxy) is 2. The molecule has 1 aromatic carbocycles. The van der Waals surface area contributed by atoms with Crippen LogP contribution < -0.4 is 15.2 Å². The van der Waals surface area contributed by atoms with Crippen LogP contribution in [0.25, 0.3) is 11.3 Å². The van der Waals surface area contributed by atoms with Gasteiger partial charge in [-0.1, -0.05) is 0 Å². The predicted octanol–water partition coefficient (Wildman–Crippen LogP) is 2.16. The van der Waals surface area contributed by atoms with Crippen molar-refractivity contribution in [3.63, 3.8) is 0 Å². The van der Waals surface area contributed by atoms with E-state index in [4.69, 9.17) is 20.5 Å². The van der Waals surface area contributed by atoms with E-state index < -0.39 is 0 Å². The van der Waals surface area contributed by atoms with Crippen LogP contribution in [0.15, 0.2) is 18.2 Å². The largest absolute Gasteiger partial charge is 0.493 e. The lowest BCUT2D eigenvalue weighted by atomic mass is 10.1. The fourth-order valence-corrected chi connectivity index (χ4v) is 2.47. The number of nitrogens with zero attached hydrogens (tertiary/aromatic N) is 2. The van der Waals surface area contributed by atoms with E-state index in [2.05, 4.69) is 11.1 Å². The zero-order valence-corrected chi connectivity index (χ0v) is 11.5. The number of thiazole rings is 1. The molecular formula is C13H13N3O2S. The minimum Gasteiger partial charge on any atom is -0.493 e. The van der Waals surface area contributed by atoms with E-state index in [9.17, 15) is 0 Å². The summed E-state index contributed by atoms with van der Waals surface area (Å²) in [6, 6.07) is 7.58. The zero-order valence-electron chi connectivity index (χ0n) is 10.6. The second-order valence-corrected chi connectivity index (χ2v) is 4.75. The summed E-state index contributed by atoms with van der Waals surface area (Å²) in [6.07, 6.45) is 0. The summed E-state index contributed by atoms with van der Waals surface area (Å²) in [4.78, 5) is 4.92. The molecule has 0 spiro atoms. The number of rotatable bonds is 4. The lowest BCUT2D eigenvalue weighted by Gasteiger charge is -2.08. The zero-order chi connectivity index (χ0) is 13.8. The molecule has 2 aromatic rings. The highest BCUT2D eigenvalue weighted by Crippen LogP contribution is 2.34. The molecular weight excluding hydrogens is 262 g/mol. The van der Waals surface area contributed by atoms with Crippen LogP contribution in [0.1, 0.15) is 9.88 Å². The van der Waals surface area contributed by atoms with Gasteiger partial charge >= 0.3 is 0 Å². The smallest absolute Gasteiger partial charge is 0.161 e. The highest BCUT2D eigenvalue weighted by atomic mass is 32.1. The summed E-state index contributed by atoms with van der Waals surface area (Å²) in [7, 11) is 3.15. The summed E-state index contributed by atoms with van der Waals surface area (Å²) in [5.74, 6) is 1.24. The average Bonchev–Trinajstić information content (AvgIpc) is 2.89. The van der Waals surface area contributed by atoms with E-state index in [1.807, 2.05) is 6.07 Å². The van der Waals surface area contributed by atoms with E-state index in [1.54, 1.807) is 26.4 Å². The van der Waals surface area contributed by atoms with Gasteiger partial charge in [-0.15, -0.1) is 11.3 Å². The Hall–Kier alpha value is -2.10. The summed E-state index contributed by atoms with van der Waals surface area (Å²) < 4.78 is 10.4. The van der Waals surface area contributed by atoms with Gasteiger partial charge in [-0.05, 0) is 18.2 Å². The summed E-state index contributed by atoms with van der Waals surface area (Å²) in [5.41, 5.74) is 7.00. The first kappa shape index (κ1) is 13.3. The third kappa shape index (κ3) is 2.52. The molecule has 0 atom stereocenters. The van der Waals surface area contributed by atoms with Crippen LogP contribution in [0, 0.1) is 11.3 Å². The lowest BCUT2D eigenvalue weighted by molar-refractivity contribution is 0.355. The van der Waals surface area contributed by atoms with Crippen molar-refractivity contribution in [2.75, 3.05) is 14.2 Å². The first-order valence-electron chi connectivity index (χ1n) is 5.55. The average molecular weight is 275 g/mol. The van der Waals surface area contributed by atoms with Gasteiger partial charge in [0.05, 0.1) is 19.9 Å². The van der Waals surface area contributed by atoms with E-state index in [1.165, 1.54) is 11.3 Å². The SMILES string of the molecule is COc1ccc(-c2nc(CN)sc2C#N)cc1OC. The number of nitriles is 1. The van der Waals surface area contributed by atoms with Crippen molar-refractivity contribution in [2.24, 2.45) is 5.73 Å². The summed E-state index contributed by atoms with van der Waals surface area (Å²) in [6.45, 7) is 0.326. The first-order valence-corrected chi connectivity index (χ1v) is 6.37. The quantitative estimate of drug-likeness (QED) is 0.924. The summed E-state index contributed by atoms with van der Waals surface area (Å²) in [5, 5.41) is 9.88. The van der Waals surface area contributed by atoms with Crippen molar-refractivity contribution in [1.82, 2.24) is 4.98 Å². The van der Waals surface area contributed by atoms with Gasteiger partial charge in [0, 0.05) is 12.1 Å². The summed E-state index contributed by atoms with van der Waals surface area (Å²) >= 11 is 1.31. The van der Waals surface area contributed by atoms with Crippen LogP contribution >= 0.6 is 11.3 Å². The van der Waals surface area contributed by atoms with Gasteiger partial charge in [0.2, 0.25) is 0 Å². The minimum atomic E-state index is 0.326. The molecule has 5 nitrogen and oxygen atoms in total. The number of nitrogens with two attached hydrogens (primary N) is 1. The van der Waals surface area contributed by atoms with Crippen molar-refractivity contribution >= 4 is 11.3 Å². The van der Waals surface area contributed by atoms with Crippen LogP contribution in [0.3, 0.4) is 0 Å². The molecule has 0 unspecified atom stereocenters. The second kappa shape index (κ2) is 5.69. The third-order valence-corrected chi connectivity index (χ3v) is 3.59. The van der Waals surface area contributed by atoms with Crippen LogP contribution in [0.4, 0.5) is 0 Å². The first-order chi connectivity index (χ1) is 9.23. The van der Waals surface area contributed by atoms with E-state index in [0.717, 1.165) is 10.6 Å². The van der Waals surface area contributed by atoms with E-state index >= 15 is 0 Å². The molecule has 2 N–H and O–H groups in total. The monoisotopic (exact) mass is 275 g/mol. The van der Waals surface area contributed by atoms with Crippen molar-refractivity contribution in [1.29, 1.82) is 5.26 Å². The number of benzene rings is 1. The molecule has 0 fully saturated rings. The van der Waals surface area contributed by atoms with Crippen LogP contribution in [0.5, 0.6) is 11.5 Å². The van der Waals surface area contributed by atoms with Crippen molar-refractivity contribution in [2.45, 2.75) is 6.54 Å². The molecule has 0 bridgehead atoms. The highest BCUT2D eigenvalue weighted by Gasteiger charge is 2.14. The van der Waals surface area contributed by atoms with Gasteiger partial charge in [0.15, 0.2) is 11.5 Å². The van der Waals surface area contributed by atoms with Crippen molar-refractivity contribution in [3.05, 3.63) is 28.1 Å².